The van der Waals surface area contributed by atoms with Crippen molar-refractivity contribution in [3.8, 4) is 5.75 Å². The molecule has 1 aliphatic rings. The van der Waals surface area contributed by atoms with E-state index in [0.29, 0.717) is 5.75 Å². The minimum atomic E-state index is -1.01. The van der Waals surface area contributed by atoms with Gasteiger partial charge in [0.15, 0.2) is 0 Å². The fourth-order valence-corrected chi connectivity index (χ4v) is 3.20. The van der Waals surface area contributed by atoms with E-state index in [1.54, 1.807) is 24.1 Å². The second-order valence-corrected chi connectivity index (χ2v) is 6.66. The maximum absolute atomic E-state index is 13.6. The fourth-order valence-electron chi connectivity index (χ4n) is 2.79. The van der Waals surface area contributed by atoms with E-state index in [0.717, 1.165) is 11.3 Å². The number of thioether (sulfide) groups is 1. The van der Waals surface area contributed by atoms with Gasteiger partial charge in [-0.1, -0.05) is 12.1 Å². The Morgan fingerprint density at radius 3 is 2.71 bits per heavy atom. The standard InChI is InChI=1S/C17H23FN2O3S/c1-23-15-5-3-12(4-6-15)7-16(21)19-9-14-8-13(18)10-20(14)17(22)11-24-2/h3-6,13-14H,7-11H2,1-2H3,(H,19,21). The number of carbonyl (C=O) groups is 2. The molecule has 0 bridgehead atoms. The van der Waals surface area contributed by atoms with Crippen LogP contribution in [-0.4, -0.2) is 61.1 Å². The van der Waals surface area contributed by atoms with E-state index in [9.17, 15) is 14.0 Å². The van der Waals surface area contributed by atoms with Crippen molar-refractivity contribution in [3.05, 3.63) is 29.8 Å². The summed E-state index contributed by atoms with van der Waals surface area (Å²) in [6, 6.07) is 7.01. The Balaban J connectivity index is 1.84. The van der Waals surface area contributed by atoms with Crippen LogP contribution in [0.15, 0.2) is 24.3 Å². The number of nitrogens with one attached hydrogen (secondary N) is 1. The minimum absolute atomic E-state index is 0.0722. The highest BCUT2D eigenvalue weighted by molar-refractivity contribution is 7.99. The first-order valence-corrected chi connectivity index (χ1v) is 9.25. The molecule has 1 aromatic rings. The van der Waals surface area contributed by atoms with Crippen LogP contribution in [-0.2, 0) is 16.0 Å². The Morgan fingerprint density at radius 2 is 2.08 bits per heavy atom. The monoisotopic (exact) mass is 354 g/mol. The van der Waals surface area contributed by atoms with Crippen LogP contribution in [0.4, 0.5) is 4.39 Å². The lowest BCUT2D eigenvalue weighted by Gasteiger charge is -2.24. The topological polar surface area (TPSA) is 58.6 Å². The molecule has 2 atom stereocenters. The van der Waals surface area contributed by atoms with Crippen molar-refractivity contribution in [2.24, 2.45) is 0 Å². The van der Waals surface area contributed by atoms with Gasteiger partial charge in [-0.25, -0.2) is 4.39 Å². The molecule has 7 heteroatoms. The molecule has 1 saturated heterocycles. The summed E-state index contributed by atoms with van der Waals surface area (Å²) >= 11 is 1.42. The largest absolute Gasteiger partial charge is 0.497 e. The molecular weight excluding hydrogens is 331 g/mol. The van der Waals surface area contributed by atoms with Crippen molar-refractivity contribution in [3.63, 3.8) is 0 Å². The predicted molar refractivity (Wildman–Crippen MR) is 93.1 cm³/mol. The van der Waals surface area contributed by atoms with E-state index in [1.165, 1.54) is 11.8 Å². The zero-order valence-corrected chi connectivity index (χ0v) is 14.8. The molecule has 0 aromatic heterocycles. The second kappa shape index (κ2) is 8.92. The van der Waals surface area contributed by atoms with Gasteiger partial charge in [0, 0.05) is 13.0 Å². The maximum atomic E-state index is 13.6. The normalized spacial score (nSPS) is 20.0. The van der Waals surface area contributed by atoms with Crippen LogP contribution in [0.5, 0.6) is 5.75 Å². The zero-order chi connectivity index (χ0) is 17.5. The van der Waals surface area contributed by atoms with Crippen LogP contribution in [0.1, 0.15) is 12.0 Å². The SMILES string of the molecule is COc1ccc(CC(=O)NCC2CC(F)CN2C(=O)CSC)cc1. The lowest BCUT2D eigenvalue weighted by Crippen LogP contribution is -2.44. The number of hydrogen-bond acceptors (Lipinski definition) is 4. The van der Waals surface area contributed by atoms with E-state index < -0.39 is 6.17 Å². The summed E-state index contributed by atoms with van der Waals surface area (Å²) in [6.07, 6.45) is 1.35. The molecule has 0 saturated carbocycles. The molecule has 1 N–H and O–H groups in total. The molecule has 1 aliphatic heterocycles. The lowest BCUT2D eigenvalue weighted by atomic mass is 10.1. The van der Waals surface area contributed by atoms with Gasteiger partial charge in [0.1, 0.15) is 11.9 Å². The van der Waals surface area contributed by atoms with Crippen LogP contribution in [0.25, 0.3) is 0 Å². The molecule has 132 valence electrons. The number of likely N-dealkylation sites (tertiary alicyclic amines) is 1. The predicted octanol–water partition coefficient (Wildman–Crippen LogP) is 1.66. The number of ether oxygens (including phenoxy) is 1. The van der Waals surface area contributed by atoms with Gasteiger partial charge in [-0.05, 0) is 24.0 Å². The van der Waals surface area contributed by atoms with Crippen LogP contribution < -0.4 is 10.1 Å². The third-order valence-corrected chi connectivity index (χ3v) is 4.55. The van der Waals surface area contributed by atoms with Gasteiger partial charge in [0.2, 0.25) is 11.8 Å². The number of carbonyl (C=O) groups excluding carboxylic acids is 2. The third-order valence-electron chi connectivity index (χ3n) is 4.01. The van der Waals surface area contributed by atoms with Crippen molar-refractivity contribution in [2.45, 2.75) is 25.1 Å². The quantitative estimate of drug-likeness (QED) is 0.809. The average molecular weight is 354 g/mol. The van der Waals surface area contributed by atoms with Gasteiger partial charge in [-0.3, -0.25) is 9.59 Å². The van der Waals surface area contributed by atoms with E-state index in [-0.39, 0.29) is 43.8 Å². The van der Waals surface area contributed by atoms with Crippen molar-refractivity contribution < 1.29 is 18.7 Å². The van der Waals surface area contributed by atoms with Gasteiger partial charge >= 0.3 is 0 Å². The van der Waals surface area contributed by atoms with Crippen molar-refractivity contribution in [1.29, 1.82) is 0 Å². The molecule has 2 amide bonds. The van der Waals surface area contributed by atoms with Gasteiger partial charge in [0.25, 0.3) is 0 Å². The van der Waals surface area contributed by atoms with Crippen molar-refractivity contribution >= 4 is 23.6 Å². The molecule has 2 rings (SSSR count). The summed E-state index contributed by atoms with van der Waals surface area (Å²) in [5, 5.41) is 2.81. The molecule has 0 aliphatic carbocycles. The molecule has 0 radical (unpaired) electrons. The van der Waals surface area contributed by atoms with Gasteiger partial charge in [0.05, 0.1) is 31.9 Å². The molecule has 2 unspecified atom stereocenters. The van der Waals surface area contributed by atoms with E-state index >= 15 is 0 Å². The van der Waals surface area contributed by atoms with Gasteiger partial charge < -0.3 is 15.0 Å². The number of hydrogen-bond donors (Lipinski definition) is 1. The number of alkyl halides is 1. The molecule has 0 spiro atoms. The molecule has 1 aromatic carbocycles. The Hall–Kier alpha value is -1.76. The Kier molecular flexibility index (Phi) is 6.90. The summed E-state index contributed by atoms with van der Waals surface area (Å²) < 4.78 is 18.7. The lowest BCUT2D eigenvalue weighted by molar-refractivity contribution is -0.130. The van der Waals surface area contributed by atoms with Gasteiger partial charge in [-0.2, -0.15) is 11.8 Å². The number of benzene rings is 1. The van der Waals surface area contributed by atoms with E-state index in [1.807, 2.05) is 18.4 Å². The number of methoxy groups -OCH3 is 1. The molecule has 5 nitrogen and oxygen atoms in total. The minimum Gasteiger partial charge on any atom is -0.497 e. The number of rotatable bonds is 7. The van der Waals surface area contributed by atoms with Gasteiger partial charge in [-0.15, -0.1) is 0 Å². The second-order valence-electron chi connectivity index (χ2n) is 5.79. The number of halogens is 1. The zero-order valence-electron chi connectivity index (χ0n) is 14.0. The summed E-state index contributed by atoms with van der Waals surface area (Å²) in [5.41, 5.74) is 0.874. The average Bonchev–Trinajstić information content (AvgIpc) is 2.95. The smallest absolute Gasteiger partial charge is 0.232 e. The van der Waals surface area contributed by atoms with E-state index in [4.69, 9.17) is 4.74 Å². The first-order chi connectivity index (χ1) is 11.5. The molecule has 24 heavy (non-hydrogen) atoms. The fraction of sp³-hybridized carbons (Fsp3) is 0.529. The summed E-state index contributed by atoms with van der Waals surface area (Å²) in [4.78, 5) is 25.6. The molecule has 1 heterocycles. The highest BCUT2D eigenvalue weighted by Gasteiger charge is 2.34. The number of nitrogens with zero attached hydrogens (tertiary/aromatic N) is 1. The first kappa shape index (κ1) is 18.6. The summed E-state index contributed by atoms with van der Waals surface area (Å²) in [6.45, 7) is 0.411. The third kappa shape index (κ3) is 5.12. The summed E-state index contributed by atoms with van der Waals surface area (Å²) in [5.74, 6) is 0.863. The van der Waals surface area contributed by atoms with Crippen LogP contribution in [0.2, 0.25) is 0 Å². The molecule has 1 fully saturated rings. The summed E-state index contributed by atoms with van der Waals surface area (Å²) in [7, 11) is 1.59. The first-order valence-electron chi connectivity index (χ1n) is 7.85. The highest BCUT2D eigenvalue weighted by atomic mass is 32.2. The van der Waals surface area contributed by atoms with Crippen LogP contribution >= 0.6 is 11.8 Å². The van der Waals surface area contributed by atoms with Crippen LogP contribution in [0.3, 0.4) is 0 Å². The van der Waals surface area contributed by atoms with Crippen molar-refractivity contribution in [2.75, 3.05) is 32.2 Å². The van der Waals surface area contributed by atoms with Crippen LogP contribution in [0, 0.1) is 0 Å². The highest BCUT2D eigenvalue weighted by Crippen LogP contribution is 2.21. The Bertz CT molecular complexity index is 567. The van der Waals surface area contributed by atoms with E-state index in [2.05, 4.69) is 5.32 Å². The molecular formula is C17H23FN2O3S. The Morgan fingerprint density at radius 1 is 1.38 bits per heavy atom. The maximum Gasteiger partial charge on any atom is 0.232 e. The Labute approximate surface area is 145 Å². The number of amides is 2. The van der Waals surface area contributed by atoms with Crippen molar-refractivity contribution in [1.82, 2.24) is 10.2 Å².